The van der Waals surface area contributed by atoms with Gasteiger partial charge in [-0.1, -0.05) is 44.5 Å². The first-order valence-electron chi connectivity index (χ1n) is 13.3. The van der Waals surface area contributed by atoms with E-state index in [2.05, 4.69) is 12.2 Å². The Balaban J connectivity index is 2.25. The summed E-state index contributed by atoms with van der Waals surface area (Å²) in [7, 11) is -1.96. The normalized spacial score (nSPS) is 12.1. The molecule has 2 rings (SSSR count). The Morgan fingerprint density at radius 3 is 2.39 bits per heavy atom. The number of benzene rings is 2. The van der Waals surface area contributed by atoms with Gasteiger partial charge in [0.15, 0.2) is 0 Å². The van der Waals surface area contributed by atoms with E-state index in [9.17, 15) is 18.0 Å². The molecule has 0 unspecified atom stereocenters. The number of unbranched alkanes of at least 4 members (excludes halogenated alkanes) is 1. The lowest BCUT2D eigenvalue weighted by Gasteiger charge is -2.31. The van der Waals surface area contributed by atoms with Crippen molar-refractivity contribution in [3.63, 3.8) is 0 Å². The van der Waals surface area contributed by atoms with Crippen LogP contribution in [0.1, 0.15) is 62.6 Å². The van der Waals surface area contributed by atoms with Crippen LogP contribution in [0.5, 0.6) is 5.75 Å². The summed E-state index contributed by atoms with van der Waals surface area (Å²) in [4.78, 5) is 28.2. The van der Waals surface area contributed by atoms with Gasteiger partial charge in [0.25, 0.3) is 0 Å². The third-order valence-electron chi connectivity index (χ3n) is 6.70. The van der Waals surface area contributed by atoms with Gasteiger partial charge in [0.1, 0.15) is 11.8 Å². The zero-order valence-electron chi connectivity index (χ0n) is 23.6. The lowest BCUT2D eigenvalue weighted by atomic mass is 10.1. The van der Waals surface area contributed by atoms with Crippen molar-refractivity contribution in [1.82, 2.24) is 10.2 Å². The van der Waals surface area contributed by atoms with Crippen LogP contribution in [0.3, 0.4) is 0 Å². The molecule has 0 saturated carbocycles. The quantitative estimate of drug-likeness (QED) is 0.331. The first-order valence-corrected chi connectivity index (χ1v) is 15.1. The number of hydrogen-bond donors (Lipinski definition) is 1. The van der Waals surface area contributed by atoms with Crippen LogP contribution in [0.25, 0.3) is 0 Å². The lowest BCUT2D eigenvalue weighted by molar-refractivity contribution is -0.141. The minimum absolute atomic E-state index is 0.111. The van der Waals surface area contributed by atoms with Crippen molar-refractivity contribution in [2.75, 3.05) is 30.8 Å². The number of rotatable bonds is 15. The third kappa shape index (κ3) is 8.75. The molecule has 38 heavy (non-hydrogen) atoms. The molecule has 2 aromatic rings. The van der Waals surface area contributed by atoms with Crippen LogP contribution >= 0.6 is 0 Å². The van der Waals surface area contributed by atoms with E-state index in [-0.39, 0.29) is 31.3 Å². The number of sulfonamides is 1. The highest BCUT2D eigenvalue weighted by atomic mass is 32.2. The van der Waals surface area contributed by atoms with Crippen molar-refractivity contribution in [2.45, 2.75) is 72.4 Å². The van der Waals surface area contributed by atoms with E-state index in [1.807, 2.05) is 57.2 Å². The average Bonchev–Trinajstić information content (AvgIpc) is 2.88. The molecule has 0 radical (unpaired) electrons. The molecule has 2 amide bonds. The van der Waals surface area contributed by atoms with Crippen molar-refractivity contribution >= 4 is 27.5 Å². The fourth-order valence-electron chi connectivity index (χ4n) is 4.38. The molecule has 0 bridgehead atoms. The van der Waals surface area contributed by atoms with E-state index in [1.54, 1.807) is 18.1 Å². The van der Waals surface area contributed by atoms with Crippen LogP contribution in [-0.4, -0.2) is 57.6 Å². The first kappa shape index (κ1) is 31.1. The topological polar surface area (TPSA) is 96.0 Å². The van der Waals surface area contributed by atoms with Crippen molar-refractivity contribution in [3.05, 3.63) is 59.2 Å². The van der Waals surface area contributed by atoms with E-state index < -0.39 is 16.1 Å². The second-order valence-corrected chi connectivity index (χ2v) is 11.5. The summed E-state index contributed by atoms with van der Waals surface area (Å²) in [5.74, 6) is 0.303. The third-order valence-corrected chi connectivity index (χ3v) is 7.88. The van der Waals surface area contributed by atoms with Crippen molar-refractivity contribution in [1.29, 1.82) is 0 Å². The van der Waals surface area contributed by atoms with Crippen LogP contribution in [0.15, 0.2) is 42.5 Å². The Morgan fingerprint density at radius 2 is 1.76 bits per heavy atom. The van der Waals surface area contributed by atoms with E-state index in [4.69, 9.17) is 4.74 Å². The van der Waals surface area contributed by atoms with Gasteiger partial charge in [-0.3, -0.25) is 13.9 Å². The van der Waals surface area contributed by atoms with Gasteiger partial charge in [0.2, 0.25) is 21.8 Å². The average molecular weight is 546 g/mol. The molecule has 0 saturated heterocycles. The minimum Gasteiger partial charge on any atom is -0.497 e. The number of hydrogen-bond acceptors (Lipinski definition) is 5. The fraction of sp³-hybridized carbons (Fsp3) is 0.517. The maximum Gasteiger partial charge on any atom is 0.242 e. The van der Waals surface area contributed by atoms with Gasteiger partial charge in [-0.2, -0.15) is 0 Å². The number of carbonyl (C=O) groups is 2. The molecule has 9 heteroatoms. The van der Waals surface area contributed by atoms with Gasteiger partial charge in [-0.15, -0.1) is 0 Å². The Hall–Kier alpha value is -3.07. The van der Waals surface area contributed by atoms with E-state index in [0.717, 1.165) is 29.5 Å². The molecule has 1 N–H and O–H groups in total. The van der Waals surface area contributed by atoms with Crippen LogP contribution in [0.4, 0.5) is 5.69 Å². The molecule has 0 aliphatic carbocycles. The smallest absolute Gasteiger partial charge is 0.242 e. The molecule has 8 nitrogen and oxygen atoms in total. The highest BCUT2D eigenvalue weighted by Crippen LogP contribution is 2.26. The Kier molecular flexibility index (Phi) is 12.1. The Bertz CT molecular complexity index is 1180. The number of nitrogens with zero attached hydrogens (tertiary/aromatic N) is 2. The maximum atomic E-state index is 13.6. The summed E-state index contributed by atoms with van der Waals surface area (Å²) in [6.45, 7) is 8.76. The van der Waals surface area contributed by atoms with Gasteiger partial charge in [0, 0.05) is 26.1 Å². The second kappa shape index (κ2) is 14.8. The van der Waals surface area contributed by atoms with Gasteiger partial charge in [0.05, 0.1) is 19.1 Å². The summed E-state index contributed by atoms with van der Waals surface area (Å²) in [5, 5.41) is 2.96. The Labute approximate surface area is 228 Å². The summed E-state index contributed by atoms with van der Waals surface area (Å²) >= 11 is 0. The van der Waals surface area contributed by atoms with Crippen LogP contribution in [0.2, 0.25) is 0 Å². The molecular formula is C29H43N3O5S. The van der Waals surface area contributed by atoms with Crippen LogP contribution in [0, 0.1) is 13.8 Å². The molecule has 0 aliphatic heterocycles. The largest absolute Gasteiger partial charge is 0.497 e. The molecule has 0 aliphatic rings. The van der Waals surface area contributed by atoms with Gasteiger partial charge in [-0.05, 0) is 68.0 Å². The molecule has 210 valence electrons. The number of aryl methyl sites for hydroxylation is 1. The number of anilines is 1. The number of nitrogens with one attached hydrogen (secondary N) is 1. The summed E-state index contributed by atoms with van der Waals surface area (Å²) in [6, 6.07) is 12.4. The predicted molar refractivity (Wildman–Crippen MR) is 153 cm³/mol. The molecule has 0 fully saturated rings. The highest BCUT2D eigenvalue weighted by Gasteiger charge is 2.29. The molecule has 2 aromatic carbocycles. The van der Waals surface area contributed by atoms with E-state index in [0.29, 0.717) is 30.8 Å². The van der Waals surface area contributed by atoms with Crippen LogP contribution in [-0.2, 0) is 26.2 Å². The SMILES string of the molecule is CCCCNC(=O)[C@H](CC)N(Cc1cccc(OC)c1)C(=O)CCCN(c1cccc(C)c1C)S(C)(=O)=O. The maximum absolute atomic E-state index is 13.6. The van der Waals surface area contributed by atoms with Crippen molar-refractivity contribution in [3.8, 4) is 5.75 Å². The zero-order valence-corrected chi connectivity index (χ0v) is 24.4. The first-order chi connectivity index (χ1) is 18.0. The number of carbonyl (C=O) groups excluding carboxylic acids is 2. The van der Waals surface area contributed by atoms with E-state index in [1.165, 1.54) is 10.6 Å². The molecular weight excluding hydrogens is 502 g/mol. The van der Waals surface area contributed by atoms with Gasteiger partial charge >= 0.3 is 0 Å². The van der Waals surface area contributed by atoms with E-state index >= 15 is 0 Å². The minimum atomic E-state index is -3.55. The second-order valence-electron chi connectivity index (χ2n) is 9.60. The number of ether oxygens (including phenoxy) is 1. The summed E-state index contributed by atoms with van der Waals surface area (Å²) < 4.78 is 32.0. The standard InChI is InChI=1S/C29H43N3O5S/c1-7-9-18-30-29(34)26(8-2)31(21-24-14-11-15-25(20-24)37-5)28(33)17-12-19-32(38(6,35)36)27-16-10-13-22(3)23(27)4/h10-11,13-16,20,26H,7-9,12,17-19,21H2,1-6H3,(H,30,34)/t26-/m0/s1. The summed E-state index contributed by atoms with van der Waals surface area (Å²) in [5.41, 5.74) is 3.36. The fourth-order valence-corrected chi connectivity index (χ4v) is 5.40. The molecule has 0 spiro atoms. The lowest BCUT2D eigenvalue weighted by Crippen LogP contribution is -2.49. The molecule has 0 aromatic heterocycles. The number of methoxy groups -OCH3 is 1. The Morgan fingerprint density at radius 1 is 1.05 bits per heavy atom. The van der Waals surface area contributed by atoms with Crippen molar-refractivity contribution < 1.29 is 22.7 Å². The monoisotopic (exact) mass is 545 g/mol. The molecule has 0 heterocycles. The van der Waals surface area contributed by atoms with Gasteiger partial charge in [-0.25, -0.2) is 8.42 Å². The summed E-state index contributed by atoms with van der Waals surface area (Å²) in [6.07, 6.45) is 3.90. The predicted octanol–water partition coefficient (Wildman–Crippen LogP) is 4.58. The number of amides is 2. The van der Waals surface area contributed by atoms with Crippen molar-refractivity contribution in [2.24, 2.45) is 0 Å². The zero-order chi connectivity index (χ0) is 28.3. The van der Waals surface area contributed by atoms with Crippen LogP contribution < -0.4 is 14.4 Å². The van der Waals surface area contributed by atoms with Gasteiger partial charge < -0.3 is 15.0 Å². The molecule has 1 atom stereocenters. The highest BCUT2D eigenvalue weighted by molar-refractivity contribution is 7.92.